The van der Waals surface area contributed by atoms with E-state index in [1.165, 1.54) is 11.8 Å². The largest absolute Gasteiger partial charge is 0.437 e. The first kappa shape index (κ1) is 12.3. The topological polar surface area (TPSA) is 52.0 Å². The second kappa shape index (κ2) is 5.02. The smallest absolute Gasteiger partial charge is 0.256 e. The zero-order valence-corrected chi connectivity index (χ0v) is 11.2. The lowest BCUT2D eigenvalue weighted by molar-refractivity contribution is 0.431. The molecule has 1 aromatic carbocycles. The molecule has 1 heterocycles. The van der Waals surface area contributed by atoms with Gasteiger partial charge in [-0.05, 0) is 31.5 Å². The molecule has 0 bridgehead atoms. The number of hydrogen-bond donors (Lipinski definition) is 1. The molecule has 0 aliphatic heterocycles. The third-order valence-electron chi connectivity index (χ3n) is 2.44. The number of nitrogen functional groups attached to an aromatic ring is 1. The highest BCUT2D eigenvalue weighted by molar-refractivity contribution is 7.98. The van der Waals surface area contributed by atoms with E-state index in [-0.39, 0.29) is 0 Å². The highest BCUT2D eigenvalue weighted by Gasteiger charge is 2.08. The Labute approximate surface area is 109 Å². The van der Waals surface area contributed by atoms with Crippen LogP contribution in [0.15, 0.2) is 27.8 Å². The van der Waals surface area contributed by atoms with Crippen LogP contribution < -0.4 is 5.73 Å². The maximum Gasteiger partial charge on any atom is 0.256 e. The summed E-state index contributed by atoms with van der Waals surface area (Å²) in [5.41, 5.74) is 8.26. The third kappa shape index (κ3) is 2.96. The lowest BCUT2D eigenvalue weighted by atomic mass is 10.2. The molecular formula is C12H13ClN2OS. The van der Waals surface area contributed by atoms with Crippen molar-refractivity contribution >= 4 is 29.1 Å². The molecule has 90 valence electrons. The lowest BCUT2D eigenvalue weighted by Crippen LogP contribution is -1.88. The summed E-state index contributed by atoms with van der Waals surface area (Å²) in [6.45, 7) is 3.83. The summed E-state index contributed by atoms with van der Waals surface area (Å²) in [6.07, 6.45) is 0. The van der Waals surface area contributed by atoms with Gasteiger partial charge in [-0.15, -0.1) is 0 Å². The van der Waals surface area contributed by atoms with Gasteiger partial charge < -0.3 is 10.2 Å². The number of halogens is 1. The van der Waals surface area contributed by atoms with E-state index in [2.05, 4.69) is 4.98 Å². The average molecular weight is 269 g/mol. The van der Waals surface area contributed by atoms with E-state index in [1.807, 2.05) is 26.0 Å². The van der Waals surface area contributed by atoms with Crippen molar-refractivity contribution in [2.24, 2.45) is 0 Å². The van der Waals surface area contributed by atoms with E-state index in [9.17, 15) is 0 Å². The number of aromatic nitrogens is 1. The molecule has 5 heteroatoms. The van der Waals surface area contributed by atoms with Crippen LogP contribution in [0.1, 0.15) is 17.0 Å². The quantitative estimate of drug-likeness (QED) is 0.679. The molecule has 0 spiro atoms. The van der Waals surface area contributed by atoms with Crippen molar-refractivity contribution in [3.05, 3.63) is 40.2 Å². The molecule has 0 saturated heterocycles. The standard InChI is InChI=1S/C12H13ClN2OS/c1-7-8(2)16-12(15-7)17-6-9-3-4-10(14)5-11(9)13/h3-5H,6,14H2,1-2H3. The number of rotatable bonds is 3. The number of anilines is 1. The highest BCUT2D eigenvalue weighted by atomic mass is 35.5. The van der Waals surface area contributed by atoms with Crippen LogP contribution in [-0.2, 0) is 5.75 Å². The maximum atomic E-state index is 6.09. The van der Waals surface area contributed by atoms with E-state index in [0.29, 0.717) is 15.9 Å². The van der Waals surface area contributed by atoms with Crippen molar-refractivity contribution in [2.75, 3.05) is 5.73 Å². The molecule has 0 atom stereocenters. The predicted octanol–water partition coefficient (Wildman–Crippen LogP) is 3.82. The molecule has 0 radical (unpaired) electrons. The lowest BCUT2D eigenvalue weighted by Gasteiger charge is -2.02. The molecule has 0 saturated carbocycles. The fourth-order valence-electron chi connectivity index (χ4n) is 1.33. The van der Waals surface area contributed by atoms with Gasteiger partial charge in [-0.3, -0.25) is 0 Å². The minimum absolute atomic E-state index is 0.673. The molecule has 0 unspecified atom stereocenters. The number of benzene rings is 1. The molecule has 1 aromatic heterocycles. The van der Waals surface area contributed by atoms with Crippen molar-refractivity contribution in [3.63, 3.8) is 0 Å². The van der Waals surface area contributed by atoms with E-state index in [1.54, 1.807) is 6.07 Å². The molecule has 0 aliphatic carbocycles. The van der Waals surface area contributed by atoms with Gasteiger partial charge >= 0.3 is 0 Å². The van der Waals surface area contributed by atoms with E-state index in [4.69, 9.17) is 21.8 Å². The third-order valence-corrected chi connectivity index (χ3v) is 3.67. The van der Waals surface area contributed by atoms with Crippen LogP contribution in [0, 0.1) is 13.8 Å². The summed E-state index contributed by atoms with van der Waals surface area (Å²) in [4.78, 5) is 4.30. The molecular weight excluding hydrogens is 256 g/mol. The molecule has 2 N–H and O–H groups in total. The summed E-state index contributed by atoms with van der Waals surface area (Å²) < 4.78 is 5.48. The van der Waals surface area contributed by atoms with Crippen molar-refractivity contribution in [2.45, 2.75) is 24.8 Å². The Kier molecular flexibility index (Phi) is 3.64. The monoisotopic (exact) mass is 268 g/mol. The first-order valence-electron chi connectivity index (χ1n) is 5.17. The minimum atomic E-state index is 0.673. The summed E-state index contributed by atoms with van der Waals surface area (Å²) in [5, 5.41) is 1.35. The van der Waals surface area contributed by atoms with Gasteiger partial charge in [-0.25, -0.2) is 4.98 Å². The van der Waals surface area contributed by atoms with Crippen LogP contribution in [0.25, 0.3) is 0 Å². The first-order chi connectivity index (χ1) is 8.06. The van der Waals surface area contributed by atoms with Crippen LogP contribution in [0.3, 0.4) is 0 Å². The Morgan fingerprint density at radius 1 is 1.41 bits per heavy atom. The predicted molar refractivity (Wildman–Crippen MR) is 71.4 cm³/mol. The summed E-state index contributed by atoms with van der Waals surface area (Å²) in [5.74, 6) is 1.58. The Hall–Kier alpha value is -1.13. The summed E-state index contributed by atoms with van der Waals surface area (Å²) in [6, 6.07) is 5.52. The summed E-state index contributed by atoms with van der Waals surface area (Å²) in [7, 11) is 0. The van der Waals surface area contributed by atoms with Gasteiger partial charge in [0.05, 0.1) is 5.69 Å². The van der Waals surface area contributed by atoms with E-state index < -0.39 is 0 Å². The Morgan fingerprint density at radius 3 is 2.76 bits per heavy atom. The first-order valence-corrected chi connectivity index (χ1v) is 6.53. The van der Waals surface area contributed by atoms with E-state index >= 15 is 0 Å². The molecule has 2 aromatic rings. The Balaban J connectivity index is 2.07. The molecule has 2 rings (SSSR count). The number of thioether (sulfide) groups is 1. The van der Waals surface area contributed by atoms with Crippen molar-refractivity contribution in [1.29, 1.82) is 0 Å². The number of aryl methyl sites for hydroxylation is 2. The van der Waals surface area contributed by atoms with E-state index in [0.717, 1.165) is 22.8 Å². The normalized spacial score (nSPS) is 10.8. The molecule has 0 fully saturated rings. The SMILES string of the molecule is Cc1nc(SCc2ccc(N)cc2Cl)oc1C. The van der Waals surface area contributed by atoms with Gasteiger partial charge in [-0.1, -0.05) is 29.4 Å². The minimum Gasteiger partial charge on any atom is -0.437 e. The number of oxazole rings is 1. The Morgan fingerprint density at radius 2 is 2.18 bits per heavy atom. The van der Waals surface area contributed by atoms with Gasteiger partial charge in [0.25, 0.3) is 5.22 Å². The summed E-state index contributed by atoms with van der Waals surface area (Å²) >= 11 is 7.61. The molecule has 0 aliphatic rings. The van der Waals surface area contributed by atoms with Gasteiger partial charge in [0.2, 0.25) is 0 Å². The second-order valence-corrected chi connectivity index (χ2v) is 5.09. The number of nitrogens with zero attached hydrogens (tertiary/aromatic N) is 1. The van der Waals surface area contributed by atoms with Crippen LogP contribution in [-0.4, -0.2) is 4.98 Å². The van der Waals surface area contributed by atoms with Crippen LogP contribution in [0.2, 0.25) is 5.02 Å². The van der Waals surface area contributed by atoms with Crippen LogP contribution in [0.4, 0.5) is 5.69 Å². The van der Waals surface area contributed by atoms with Gasteiger partial charge in [0.1, 0.15) is 5.76 Å². The zero-order valence-electron chi connectivity index (χ0n) is 9.66. The number of nitrogens with two attached hydrogens (primary N) is 1. The van der Waals surface area contributed by atoms with Crippen LogP contribution in [0.5, 0.6) is 0 Å². The van der Waals surface area contributed by atoms with Crippen molar-refractivity contribution in [3.8, 4) is 0 Å². The zero-order chi connectivity index (χ0) is 12.4. The highest BCUT2D eigenvalue weighted by Crippen LogP contribution is 2.28. The maximum absolute atomic E-state index is 6.09. The number of hydrogen-bond acceptors (Lipinski definition) is 4. The Bertz CT molecular complexity index is 520. The van der Waals surface area contributed by atoms with Crippen LogP contribution >= 0.6 is 23.4 Å². The molecule has 0 amide bonds. The van der Waals surface area contributed by atoms with Gasteiger partial charge in [-0.2, -0.15) is 0 Å². The van der Waals surface area contributed by atoms with Gasteiger partial charge in [0, 0.05) is 16.5 Å². The fourth-order valence-corrected chi connectivity index (χ4v) is 2.58. The van der Waals surface area contributed by atoms with Gasteiger partial charge in [0.15, 0.2) is 0 Å². The molecule has 17 heavy (non-hydrogen) atoms. The second-order valence-electron chi connectivity index (χ2n) is 3.76. The molecule has 3 nitrogen and oxygen atoms in total. The van der Waals surface area contributed by atoms with Crippen molar-refractivity contribution < 1.29 is 4.42 Å². The average Bonchev–Trinajstić information content (AvgIpc) is 2.57. The van der Waals surface area contributed by atoms with Crippen molar-refractivity contribution in [1.82, 2.24) is 4.98 Å². The fraction of sp³-hybridized carbons (Fsp3) is 0.250.